The van der Waals surface area contributed by atoms with Gasteiger partial charge in [0.05, 0.1) is 11.6 Å². The van der Waals surface area contributed by atoms with Crippen LogP contribution in [0.5, 0.6) is 0 Å². The van der Waals surface area contributed by atoms with Crippen LogP contribution < -0.4 is 0 Å². The first-order valence-electron chi connectivity index (χ1n) is 8.46. The van der Waals surface area contributed by atoms with Crippen molar-refractivity contribution in [2.24, 2.45) is 0 Å². The van der Waals surface area contributed by atoms with Gasteiger partial charge in [0.15, 0.2) is 0 Å². The number of imidazole rings is 1. The molecule has 1 amide bonds. The zero-order valence-corrected chi connectivity index (χ0v) is 13.5. The molecule has 0 saturated carbocycles. The topological polar surface area (TPSA) is 50.5 Å². The van der Waals surface area contributed by atoms with Crippen LogP contribution >= 0.6 is 0 Å². The lowest BCUT2D eigenvalue weighted by molar-refractivity contribution is 0.0680. The van der Waals surface area contributed by atoms with Crippen LogP contribution in [0.25, 0.3) is 5.65 Å². The molecule has 1 unspecified atom stereocenters. The molecule has 4 heterocycles. The number of fused-ring (bicyclic) bond motifs is 1. The summed E-state index contributed by atoms with van der Waals surface area (Å²) in [6.45, 7) is 0.799. The highest BCUT2D eigenvalue weighted by Crippen LogP contribution is 2.31. The van der Waals surface area contributed by atoms with E-state index in [-0.39, 0.29) is 11.9 Å². The van der Waals surface area contributed by atoms with Gasteiger partial charge in [0.2, 0.25) is 0 Å². The van der Waals surface area contributed by atoms with E-state index in [1.807, 2.05) is 46.0 Å². The predicted molar refractivity (Wildman–Crippen MR) is 91.7 cm³/mol. The van der Waals surface area contributed by atoms with Gasteiger partial charge in [0.1, 0.15) is 5.65 Å². The number of pyridine rings is 2. The molecule has 1 aliphatic rings. The maximum Gasteiger partial charge on any atom is 0.255 e. The van der Waals surface area contributed by atoms with Gasteiger partial charge in [-0.1, -0.05) is 12.8 Å². The van der Waals surface area contributed by atoms with Crippen molar-refractivity contribution in [3.8, 4) is 0 Å². The number of nitrogens with zero attached hydrogens (tertiary/aromatic N) is 4. The van der Waals surface area contributed by atoms with E-state index in [9.17, 15) is 4.79 Å². The quantitative estimate of drug-likeness (QED) is 0.726. The third-order valence-corrected chi connectivity index (χ3v) is 4.74. The molecule has 1 aliphatic heterocycles. The number of rotatable bonds is 2. The Morgan fingerprint density at radius 2 is 1.92 bits per heavy atom. The molecule has 122 valence electrons. The Bertz CT molecular complexity index is 843. The Morgan fingerprint density at radius 1 is 1.04 bits per heavy atom. The summed E-state index contributed by atoms with van der Waals surface area (Å²) < 4.78 is 1.90. The van der Waals surface area contributed by atoms with Crippen LogP contribution in [0.2, 0.25) is 0 Å². The van der Waals surface area contributed by atoms with E-state index in [1.165, 1.54) is 12.0 Å². The zero-order valence-electron chi connectivity index (χ0n) is 13.5. The molecule has 0 N–H and O–H groups in total. The number of hydrogen-bond acceptors (Lipinski definition) is 3. The van der Waals surface area contributed by atoms with Crippen molar-refractivity contribution in [1.29, 1.82) is 0 Å². The summed E-state index contributed by atoms with van der Waals surface area (Å²) in [5.74, 6) is 0.0920. The molecule has 5 heteroatoms. The second kappa shape index (κ2) is 6.43. The van der Waals surface area contributed by atoms with Crippen LogP contribution in [0.1, 0.15) is 47.6 Å². The maximum atomic E-state index is 13.2. The number of carbonyl (C=O) groups excluding carboxylic acids is 1. The Kier molecular flexibility index (Phi) is 3.99. The molecule has 1 saturated heterocycles. The number of hydrogen-bond donors (Lipinski definition) is 0. The van der Waals surface area contributed by atoms with Gasteiger partial charge in [-0.15, -0.1) is 0 Å². The maximum absolute atomic E-state index is 13.2. The van der Waals surface area contributed by atoms with Gasteiger partial charge in [-0.2, -0.15) is 0 Å². The first-order valence-corrected chi connectivity index (χ1v) is 8.46. The Balaban J connectivity index is 1.68. The van der Waals surface area contributed by atoms with Crippen molar-refractivity contribution in [3.05, 3.63) is 66.4 Å². The molecular weight excluding hydrogens is 300 g/mol. The average molecular weight is 320 g/mol. The van der Waals surface area contributed by atoms with Gasteiger partial charge in [-0.05, 0) is 42.7 Å². The highest BCUT2D eigenvalue weighted by atomic mass is 16.2. The van der Waals surface area contributed by atoms with Crippen molar-refractivity contribution < 1.29 is 4.79 Å². The van der Waals surface area contributed by atoms with Crippen molar-refractivity contribution in [2.75, 3.05) is 6.54 Å². The largest absolute Gasteiger partial charge is 0.332 e. The third kappa shape index (κ3) is 2.77. The minimum Gasteiger partial charge on any atom is -0.332 e. The number of amides is 1. The summed E-state index contributed by atoms with van der Waals surface area (Å²) >= 11 is 0. The van der Waals surface area contributed by atoms with Gasteiger partial charge >= 0.3 is 0 Å². The zero-order chi connectivity index (χ0) is 16.4. The third-order valence-electron chi connectivity index (χ3n) is 4.74. The van der Waals surface area contributed by atoms with Crippen LogP contribution in [0.15, 0.2) is 55.2 Å². The SMILES string of the molecule is O=C(c1ccc2nccn2c1)N1CCCCCC1c1ccncc1. The van der Waals surface area contributed by atoms with Gasteiger partial charge in [0, 0.05) is 37.5 Å². The van der Waals surface area contributed by atoms with Crippen LogP contribution in [0.4, 0.5) is 0 Å². The van der Waals surface area contributed by atoms with Crippen LogP contribution in [0, 0.1) is 0 Å². The van der Waals surface area contributed by atoms with Crippen LogP contribution in [-0.2, 0) is 0 Å². The molecule has 0 spiro atoms. The highest BCUT2D eigenvalue weighted by molar-refractivity contribution is 5.94. The van der Waals surface area contributed by atoms with Gasteiger partial charge in [0.25, 0.3) is 5.91 Å². The van der Waals surface area contributed by atoms with Gasteiger partial charge < -0.3 is 9.30 Å². The number of aromatic nitrogens is 3. The number of likely N-dealkylation sites (tertiary alicyclic amines) is 1. The fourth-order valence-corrected chi connectivity index (χ4v) is 3.50. The molecule has 3 aromatic rings. The van der Waals surface area contributed by atoms with E-state index >= 15 is 0 Å². The average Bonchev–Trinajstić information content (AvgIpc) is 2.96. The Hall–Kier alpha value is -2.69. The highest BCUT2D eigenvalue weighted by Gasteiger charge is 2.27. The molecule has 24 heavy (non-hydrogen) atoms. The fourth-order valence-electron chi connectivity index (χ4n) is 3.50. The lowest BCUT2D eigenvalue weighted by Gasteiger charge is -2.30. The van der Waals surface area contributed by atoms with E-state index in [2.05, 4.69) is 9.97 Å². The molecule has 0 aliphatic carbocycles. The molecule has 5 nitrogen and oxygen atoms in total. The first kappa shape index (κ1) is 14.9. The summed E-state index contributed by atoms with van der Waals surface area (Å²) in [5.41, 5.74) is 2.73. The molecule has 0 aromatic carbocycles. The second-order valence-electron chi connectivity index (χ2n) is 6.25. The summed E-state index contributed by atoms with van der Waals surface area (Å²) in [6.07, 6.45) is 13.5. The molecule has 1 fully saturated rings. The summed E-state index contributed by atoms with van der Waals surface area (Å²) in [4.78, 5) is 23.6. The number of carbonyl (C=O) groups is 1. The van der Waals surface area contributed by atoms with Gasteiger partial charge in [-0.3, -0.25) is 9.78 Å². The standard InChI is InChI=1S/C19H20N4O/c24-19(16-5-6-18-21-11-13-22(18)14-16)23-12-3-1-2-4-17(23)15-7-9-20-10-8-15/h5-11,13-14,17H,1-4,12H2. The normalized spacial score (nSPS) is 18.5. The van der Waals surface area contributed by atoms with E-state index in [4.69, 9.17) is 0 Å². The molecule has 3 aromatic heterocycles. The second-order valence-corrected chi connectivity index (χ2v) is 6.25. The van der Waals surface area contributed by atoms with Crippen LogP contribution in [-0.4, -0.2) is 31.7 Å². The lowest BCUT2D eigenvalue weighted by Crippen LogP contribution is -2.35. The van der Waals surface area contributed by atoms with Crippen molar-refractivity contribution >= 4 is 11.6 Å². The van der Waals surface area contributed by atoms with Crippen molar-refractivity contribution in [3.63, 3.8) is 0 Å². The smallest absolute Gasteiger partial charge is 0.255 e. The summed E-state index contributed by atoms with van der Waals surface area (Å²) in [6, 6.07) is 7.94. The van der Waals surface area contributed by atoms with E-state index in [0.29, 0.717) is 5.56 Å². The van der Waals surface area contributed by atoms with E-state index in [1.54, 1.807) is 18.6 Å². The van der Waals surface area contributed by atoms with E-state index in [0.717, 1.165) is 31.5 Å². The van der Waals surface area contributed by atoms with E-state index < -0.39 is 0 Å². The Morgan fingerprint density at radius 3 is 2.79 bits per heavy atom. The van der Waals surface area contributed by atoms with Crippen molar-refractivity contribution in [1.82, 2.24) is 19.3 Å². The Labute approximate surface area is 141 Å². The predicted octanol–water partition coefficient (Wildman–Crippen LogP) is 3.49. The molecule has 0 radical (unpaired) electrons. The summed E-state index contributed by atoms with van der Waals surface area (Å²) in [7, 11) is 0. The molecule has 1 atom stereocenters. The minimum absolute atomic E-state index is 0.0920. The first-order chi connectivity index (χ1) is 11.8. The van der Waals surface area contributed by atoms with Gasteiger partial charge in [-0.25, -0.2) is 4.98 Å². The summed E-state index contributed by atoms with van der Waals surface area (Å²) in [5, 5.41) is 0. The lowest BCUT2D eigenvalue weighted by atomic mass is 10.0. The molecule has 4 rings (SSSR count). The minimum atomic E-state index is 0.0920. The monoisotopic (exact) mass is 320 g/mol. The molecular formula is C19H20N4O. The fraction of sp³-hybridized carbons (Fsp3) is 0.316. The van der Waals surface area contributed by atoms with Crippen LogP contribution in [0.3, 0.4) is 0 Å². The molecule has 0 bridgehead atoms. The van der Waals surface area contributed by atoms with Crippen molar-refractivity contribution in [2.45, 2.75) is 31.7 Å².